The van der Waals surface area contributed by atoms with Crippen molar-refractivity contribution >= 4 is 18.0 Å². The summed E-state index contributed by atoms with van der Waals surface area (Å²) in [6, 6.07) is 15.4. The van der Waals surface area contributed by atoms with Crippen molar-refractivity contribution in [3.8, 4) is 11.1 Å². The molecule has 0 fully saturated rings. The van der Waals surface area contributed by atoms with E-state index in [-0.39, 0.29) is 37.3 Å². The topological polar surface area (TPSA) is 105 Å². The Hall–Kier alpha value is -3.35. The second kappa shape index (κ2) is 11.5. The maximum atomic E-state index is 12.3. The summed E-state index contributed by atoms with van der Waals surface area (Å²) in [5.74, 6) is -1.53. The summed E-state index contributed by atoms with van der Waals surface area (Å²) >= 11 is 0. The van der Waals surface area contributed by atoms with Crippen LogP contribution in [-0.4, -0.2) is 42.3 Å². The van der Waals surface area contributed by atoms with Gasteiger partial charge in [0.1, 0.15) is 12.6 Å². The van der Waals surface area contributed by atoms with Gasteiger partial charge in [-0.25, -0.2) is 9.59 Å². The molecular formula is C26H32N2O5. The van der Waals surface area contributed by atoms with E-state index in [2.05, 4.69) is 34.9 Å². The van der Waals surface area contributed by atoms with Crippen LogP contribution in [0.2, 0.25) is 0 Å². The van der Waals surface area contributed by atoms with E-state index in [9.17, 15) is 19.5 Å². The van der Waals surface area contributed by atoms with Crippen LogP contribution in [0, 0.1) is 5.92 Å². The quantitative estimate of drug-likeness (QED) is 0.471. The van der Waals surface area contributed by atoms with Crippen LogP contribution in [0.5, 0.6) is 0 Å². The number of hydrogen-bond donors (Lipinski definition) is 3. The lowest BCUT2D eigenvalue weighted by molar-refractivity contribution is -0.142. The van der Waals surface area contributed by atoms with Gasteiger partial charge in [-0.3, -0.25) is 4.79 Å². The zero-order valence-electron chi connectivity index (χ0n) is 19.2. The lowest BCUT2D eigenvalue weighted by Crippen LogP contribution is -2.42. The van der Waals surface area contributed by atoms with E-state index in [1.54, 1.807) is 0 Å². The first-order chi connectivity index (χ1) is 15.9. The van der Waals surface area contributed by atoms with Crippen molar-refractivity contribution in [2.45, 2.75) is 51.5 Å². The molecule has 1 aliphatic carbocycles. The Kier molecular flexibility index (Phi) is 8.46. The molecule has 0 radical (unpaired) electrons. The van der Waals surface area contributed by atoms with Gasteiger partial charge in [0.15, 0.2) is 0 Å². The Bertz CT molecular complexity index is 945. The average Bonchev–Trinajstić information content (AvgIpc) is 3.12. The van der Waals surface area contributed by atoms with Gasteiger partial charge in [0.05, 0.1) is 0 Å². The van der Waals surface area contributed by atoms with Crippen LogP contribution in [-0.2, 0) is 14.3 Å². The fourth-order valence-electron chi connectivity index (χ4n) is 4.21. The number of fused-ring (bicyclic) bond motifs is 3. The Morgan fingerprint density at radius 1 is 1.03 bits per heavy atom. The molecule has 2 aromatic carbocycles. The van der Waals surface area contributed by atoms with E-state index in [0.29, 0.717) is 6.42 Å². The number of nitrogens with one attached hydrogen (secondary N) is 2. The summed E-state index contributed by atoms with van der Waals surface area (Å²) in [7, 11) is 0. The minimum absolute atomic E-state index is 0.0116. The van der Waals surface area contributed by atoms with Gasteiger partial charge in [-0.05, 0) is 34.6 Å². The molecule has 176 valence electrons. The van der Waals surface area contributed by atoms with Gasteiger partial charge in [-0.1, -0.05) is 75.2 Å². The van der Waals surface area contributed by atoms with Crippen LogP contribution in [0.25, 0.3) is 11.1 Å². The smallest absolute Gasteiger partial charge is 0.407 e. The fraction of sp³-hybridized carbons (Fsp3) is 0.423. The van der Waals surface area contributed by atoms with Crippen LogP contribution in [0.4, 0.5) is 4.79 Å². The number of carboxylic acids is 1. The number of unbranched alkanes of at least 4 members (excludes halogenated alkanes) is 1. The Balaban J connectivity index is 1.45. The van der Waals surface area contributed by atoms with Crippen molar-refractivity contribution in [1.82, 2.24) is 10.6 Å². The third kappa shape index (κ3) is 6.34. The number of carboxylic acid groups (broad SMARTS) is 1. The fourth-order valence-corrected chi connectivity index (χ4v) is 4.21. The van der Waals surface area contributed by atoms with Gasteiger partial charge in [0.25, 0.3) is 0 Å². The molecular weight excluding hydrogens is 420 g/mol. The first-order valence-electron chi connectivity index (χ1n) is 11.5. The molecule has 0 saturated heterocycles. The van der Waals surface area contributed by atoms with Crippen molar-refractivity contribution in [1.29, 1.82) is 0 Å². The van der Waals surface area contributed by atoms with Gasteiger partial charge in [0, 0.05) is 18.9 Å². The van der Waals surface area contributed by atoms with Gasteiger partial charge < -0.3 is 20.5 Å². The van der Waals surface area contributed by atoms with Gasteiger partial charge in [-0.2, -0.15) is 0 Å². The molecule has 2 unspecified atom stereocenters. The van der Waals surface area contributed by atoms with E-state index in [1.807, 2.05) is 38.1 Å². The van der Waals surface area contributed by atoms with Crippen molar-refractivity contribution in [3.05, 3.63) is 59.7 Å². The zero-order chi connectivity index (χ0) is 23.8. The maximum absolute atomic E-state index is 12.3. The van der Waals surface area contributed by atoms with E-state index in [4.69, 9.17) is 4.74 Å². The molecule has 7 nitrogen and oxygen atoms in total. The lowest BCUT2D eigenvalue weighted by Gasteiger charge is -2.17. The Morgan fingerprint density at radius 2 is 1.64 bits per heavy atom. The van der Waals surface area contributed by atoms with Crippen molar-refractivity contribution in [3.63, 3.8) is 0 Å². The minimum Gasteiger partial charge on any atom is -0.480 e. The molecule has 7 heteroatoms. The number of alkyl carbamates (subject to hydrolysis) is 1. The number of rotatable bonds is 11. The molecule has 0 heterocycles. The molecule has 33 heavy (non-hydrogen) atoms. The van der Waals surface area contributed by atoms with Crippen LogP contribution in [0.3, 0.4) is 0 Å². The van der Waals surface area contributed by atoms with Crippen molar-refractivity contribution < 1.29 is 24.2 Å². The van der Waals surface area contributed by atoms with Crippen LogP contribution in [0.1, 0.15) is 56.6 Å². The second-order valence-electron chi connectivity index (χ2n) is 8.62. The molecule has 2 atom stereocenters. The number of benzene rings is 2. The van der Waals surface area contributed by atoms with E-state index >= 15 is 0 Å². The first kappa shape index (κ1) is 24.3. The molecule has 1 aliphatic rings. The largest absolute Gasteiger partial charge is 0.480 e. The van der Waals surface area contributed by atoms with Crippen LogP contribution < -0.4 is 10.6 Å². The highest BCUT2D eigenvalue weighted by Gasteiger charge is 2.29. The molecule has 0 saturated carbocycles. The molecule has 2 aromatic rings. The average molecular weight is 453 g/mol. The Labute approximate surface area is 194 Å². The highest BCUT2D eigenvalue weighted by molar-refractivity contribution is 5.83. The van der Waals surface area contributed by atoms with Crippen LogP contribution >= 0.6 is 0 Å². The van der Waals surface area contributed by atoms with Gasteiger partial charge in [-0.15, -0.1) is 0 Å². The summed E-state index contributed by atoms with van der Waals surface area (Å²) in [6.07, 6.45) is 1.59. The normalized spacial score (nSPS) is 14.0. The number of amides is 2. The number of carbonyl (C=O) groups excluding carboxylic acids is 2. The van der Waals surface area contributed by atoms with E-state index < -0.39 is 18.1 Å². The molecule has 0 aromatic heterocycles. The molecule has 0 bridgehead atoms. The molecule has 0 spiro atoms. The Morgan fingerprint density at radius 3 is 2.21 bits per heavy atom. The SMILES string of the molecule is CCCCC(NC(=O)CC(C)CNC(=O)OCC1c2ccccc2-c2ccccc21)C(=O)O. The molecule has 2 amide bonds. The predicted molar refractivity (Wildman–Crippen MR) is 126 cm³/mol. The summed E-state index contributed by atoms with van der Waals surface area (Å²) < 4.78 is 5.51. The minimum atomic E-state index is -1.03. The monoisotopic (exact) mass is 452 g/mol. The van der Waals surface area contributed by atoms with E-state index in [1.165, 1.54) is 11.1 Å². The molecule has 3 N–H and O–H groups in total. The molecule has 3 rings (SSSR count). The van der Waals surface area contributed by atoms with Crippen molar-refractivity contribution in [2.75, 3.05) is 13.2 Å². The number of carbonyl (C=O) groups is 3. The van der Waals surface area contributed by atoms with Gasteiger partial charge >= 0.3 is 12.1 Å². The number of hydrogen-bond acceptors (Lipinski definition) is 4. The summed E-state index contributed by atoms with van der Waals surface area (Å²) in [5.41, 5.74) is 4.63. The summed E-state index contributed by atoms with van der Waals surface area (Å²) in [4.78, 5) is 35.8. The van der Waals surface area contributed by atoms with E-state index in [0.717, 1.165) is 24.0 Å². The van der Waals surface area contributed by atoms with Crippen molar-refractivity contribution in [2.24, 2.45) is 5.92 Å². The maximum Gasteiger partial charge on any atom is 0.407 e. The number of aliphatic carboxylic acids is 1. The van der Waals surface area contributed by atoms with Crippen LogP contribution in [0.15, 0.2) is 48.5 Å². The number of ether oxygens (including phenoxy) is 1. The second-order valence-corrected chi connectivity index (χ2v) is 8.62. The molecule has 0 aliphatic heterocycles. The zero-order valence-corrected chi connectivity index (χ0v) is 19.2. The highest BCUT2D eigenvalue weighted by Crippen LogP contribution is 2.44. The standard InChI is InChI=1S/C26H32N2O5/c1-3-4-13-23(25(30)31)28-24(29)14-17(2)15-27-26(32)33-16-22-20-11-7-5-9-18(20)19-10-6-8-12-21(19)22/h5-12,17,22-23H,3-4,13-16H2,1-2H3,(H,27,32)(H,28,29)(H,30,31). The first-order valence-corrected chi connectivity index (χ1v) is 11.5. The summed E-state index contributed by atoms with van der Waals surface area (Å²) in [6.45, 7) is 4.28. The van der Waals surface area contributed by atoms with Gasteiger partial charge in [0.2, 0.25) is 5.91 Å². The third-order valence-corrected chi connectivity index (χ3v) is 5.95. The third-order valence-electron chi connectivity index (χ3n) is 5.95. The predicted octanol–water partition coefficient (Wildman–Crippen LogP) is 4.31. The highest BCUT2D eigenvalue weighted by atomic mass is 16.5. The summed E-state index contributed by atoms with van der Waals surface area (Å²) in [5, 5.41) is 14.5. The lowest BCUT2D eigenvalue weighted by atomic mass is 9.98.